The average Bonchev–Trinajstić information content (AvgIpc) is 2.66. The highest BCUT2D eigenvalue weighted by Gasteiger charge is 2.34. The van der Waals surface area contributed by atoms with Gasteiger partial charge in [-0.3, -0.25) is 4.79 Å². The summed E-state index contributed by atoms with van der Waals surface area (Å²) in [4.78, 5) is 28.1. The zero-order chi connectivity index (χ0) is 22.3. The molecule has 0 spiro atoms. The van der Waals surface area contributed by atoms with E-state index in [0.29, 0.717) is 19.6 Å². The summed E-state index contributed by atoms with van der Waals surface area (Å²) in [6.07, 6.45) is 3.03. The minimum absolute atomic E-state index is 0.0820. The standard InChI is InChI=1S/C24H38N2O4/c1-7-29-22(27)11-9-8-10-20-12-14-21(15-13-20)25-16-19(3)26(17-18(25)2)23(28)30-24(4,5)6/h12-15,18-19H,7-11,16-17H2,1-6H3/t18-,19+/m1/s1. The summed E-state index contributed by atoms with van der Waals surface area (Å²) in [7, 11) is 0. The number of amides is 1. The first-order valence-corrected chi connectivity index (χ1v) is 11.1. The van der Waals surface area contributed by atoms with E-state index in [2.05, 4.69) is 43.0 Å². The highest BCUT2D eigenvalue weighted by molar-refractivity contribution is 5.69. The fraction of sp³-hybridized carbons (Fsp3) is 0.667. The van der Waals surface area contributed by atoms with Crippen LogP contribution >= 0.6 is 0 Å². The number of benzene rings is 1. The van der Waals surface area contributed by atoms with Gasteiger partial charge in [-0.05, 0) is 78.5 Å². The van der Waals surface area contributed by atoms with Crippen molar-refractivity contribution in [3.63, 3.8) is 0 Å². The number of ether oxygens (including phenoxy) is 2. The summed E-state index contributed by atoms with van der Waals surface area (Å²) in [5.74, 6) is -0.110. The predicted octanol–water partition coefficient (Wildman–Crippen LogP) is 4.80. The zero-order valence-electron chi connectivity index (χ0n) is 19.4. The molecule has 30 heavy (non-hydrogen) atoms. The van der Waals surface area contributed by atoms with Crippen LogP contribution < -0.4 is 4.90 Å². The Balaban J connectivity index is 1.88. The van der Waals surface area contributed by atoms with E-state index in [9.17, 15) is 9.59 Å². The highest BCUT2D eigenvalue weighted by atomic mass is 16.6. The van der Waals surface area contributed by atoms with Crippen molar-refractivity contribution < 1.29 is 19.1 Å². The number of rotatable bonds is 7. The van der Waals surface area contributed by atoms with E-state index in [1.165, 1.54) is 11.3 Å². The molecule has 1 fully saturated rings. The van der Waals surface area contributed by atoms with Gasteiger partial charge in [0.2, 0.25) is 0 Å². The van der Waals surface area contributed by atoms with Crippen molar-refractivity contribution in [2.75, 3.05) is 24.6 Å². The minimum Gasteiger partial charge on any atom is -0.466 e. The summed E-state index contributed by atoms with van der Waals surface area (Å²) in [6.45, 7) is 13.6. The zero-order valence-corrected chi connectivity index (χ0v) is 19.4. The van der Waals surface area contributed by atoms with Crippen molar-refractivity contribution in [1.82, 2.24) is 4.90 Å². The second-order valence-corrected chi connectivity index (χ2v) is 9.16. The quantitative estimate of drug-likeness (QED) is 0.470. The third-order valence-electron chi connectivity index (χ3n) is 5.28. The molecule has 1 saturated heterocycles. The molecule has 6 nitrogen and oxygen atoms in total. The Hall–Kier alpha value is -2.24. The monoisotopic (exact) mass is 418 g/mol. The molecule has 1 aromatic carbocycles. The number of aryl methyl sites for hydroxylation is 1. The summed E-state index contributed by atoms with van der Waals surface area (Å²) in [6, 6.07) is 8.94. The van der Waals surface area contributed by atoms with Gasteiger partial charge in [0, 0.05) is 37.3 Å². The molecule has 2 rings (SSSR count). The molecule has 1 aliphatic heterocycles. The van der Waals surface area contributed by atoms with Gasteiger partial charge in [0.1, 0.15) is 5.60 Å². The maximum Gasteiger partial charge on any atom is 0.410 e. The molecule has 0 saturated carbocycles. The lowest BCUT2D eigenvalue weighted by atomic mass is 10.0. The lowest BCUT2D eigenvalue weighted by Gasteiger charge is -2.45. The van der Waals surface area contributed by atoms with Crippen LogP contribution in [0.2, 0.25) is 0 Å². The number of unbranched alkanes of at least 4 members (excludes halogenated alkanes) is 1. The molecule has 1 aliphatic rings. The fourth-order valence-corrected chi connectivity index (χ4v) is 3.75. The van der Waals surface area contributed by atoms with Gasteiger partial charge in [0.25, 0.3) is 0 Å². The second-order valence-electron chi connectivity index (χ2n) is 9.16. The van der Waals surface area contributed by atoms with Crippen molar-refractivity contribution >= 4 is 17.7 Å². The first kappa shape index (κ1) is 24.0. The molecule has 0 bridgehead atoms. The van der Waals surface area contributed by atoms with Gasteiger partial charge in [-0.2, -0.15) is 0 Å². The normalized spacial score (nSPS) is 19.5. The molecule has 0 aliphatic carbocycles. The molecular formula is C24H38N2O4. The lowest BCUT2D eigenvalue weighted by molar-refractivity contribution is -0.143. The number of carbonyl (C=O) groups excluding carboxylic acids is 2. The summed E-state index contributed by atoms with van der Waals surface area (Å²) in [5.41, 5.74) is 1.97. The smallest absolute Gasteiger partial charge is 0.410 e. The molecule has 0 aromatic heterocycles. The molecule has 0 unspecified atom stereocenters. The highest BCUT2D eigenvalue weighted by Crippen LogP contribution is 2.25. The van der Waals surface area contributed by atoms with Crippen LogP contribution in [-0.2, 0) is 20.7 Å². The molecule has 1 heterocycles. The number of hydrogen-bond acceptors (Lipinski definition) is 5. The molecule has 168 valence electrons. The van der Waals surface area contributed by atoms with Crippen molar-refractivity contribution in [3.05, 3.63) is 29.8 Å². The largest absolute Gasteiger partial charge is 0.466 e. The molecule has 0 N–H and O–H groups in total. The van der Waals surface area contributed by atoms with Gasteiger partial charge < -0.3 is 19.3 Å². The molecule has 2 atom stereocenters. The van der Waals surface area contributed by atoms with E-state index in [-0.39, 0.29) is 24.1 Å². The molecule has 6 heteroatoms. The van der Waals surface area contributed by atoms with Crippen molar-refractivity contribution in [1.29, 1.82) is 0 Å². The Bertz CT molecular complexity index is 696. The third kappa shape index (κ3) is 7.22. The van der Waals surface area contributed by atoms with Gasteiger partial charge in [0.15, 0.2) is 0 Å². The topological polar surface area (TPSA) is 59.1 Å². The second kappa shape index (κ2) is 10.7. The van der Waals surface area contributed by atoms with Gasteiger partial charge >= 0.3 is 12.1 Å². The minimum atomic E-state index is -0.483. The first-order valence-electron chi connectivity index (χ1n) is 11.1. The Morgan fingerprint density at radius 3 is 2.30 bits per heavy atom. The van der Waals surface area contributed by atoms with E-state index >= 15 is 0 Å². The van der Waals surface area contributed by atoms with Crippen LogP contribution in [0.15, 0.2) is 24.3 Å². The van der Waals surface area contributed by atoms with E-state index in [4.69, 9.17) is 9.47 Å². The fourth-order valence-electron chi connectivity index (χ4n) is 3.75. The first-order chi connectivity index (χ1) is 14.1. The van der Waals surface area contributed by atoms with E-state index in [1.54, 1.807) is 0 Å². The number of esters is 1. The SMILES string of the molecule is CCOC(=O)CCCCc1ccc(N2C[C@H](C)N(C(=O)OC(C)(C)C)C[C@H]2C)cc1. The summed E-state index contributed by atoms with van der Waals surface area (Å²) >= 11 is 0. The van der Waals surface area contributed by atoms with Crippen LogP contribution in [0.3, 0.4) is 0 Å². The summed E-state index contributed by atoms with van der Waals surface area (Å²) < 4.78 is 10.5. The van der Waals surface area contributed by atoms with Crippen LogP contribution in [0.1, 0.15) is 66.4 Å². The number of anilines is 1. The lowest BCUT2D eigenvalue weighted by Crippen LogP contribution is -2.59. The van der Waals surface area contributed by atoms with E-state index in [1.807, 2.05) is 32.6 Å². The van der Waals surface area contributed by atoms with Crippen molar-refractivity contribution in [2.45, 2.75) is 84.9 Å². The molecular weight excluding hydrogens is 380 g/mol. The Kier molecular flexibility index (Phi) is 8.56. The van der Waals surface area contributed by atoms with Crippen LogP contribution in [-0.4, -0.2) is 54.3 Å². The molecule has 1 amide bonds. The van der Waals surface area contributed by atoms with Crippen LogP contribution in [0.5, 0.6) is 0 Å². The van der Waals surface area contributed by atoms with E-state index < -0.39 is 5.60 Å². The molecule has 0 radical (unpaired) electrons. The van der Waals surface area contributed by atoms with Crippen molar-refractivity contribution in [3.8, 4) is 0 Å². The van der Waals surface area contributed by atoms with Gasteiger partial charge in [-0.15, -0.1) is 0 Å². The van der Waals surface area contributed by atoms with Gasteiger partial charge in [-0.1, -0.05) is 12.1 Å². The van der Waals surface area contributed by atoms with Gasteiger partial charge in [-0.25, -0.2) is 4.79 Å². The summed E-state index contributed by atoms with van der Waals surface area (Å²) in [5, 5.41) is 0. The van der Waals surface area contributed by atoms with Crippen LogP contribution in [0.4, 0.5) is 10.5 Å². The number of piperazine rings is 1. The number of carbonyl (C=O) groups is 2. The Labute approximate surface area is 181 Å². The average molecular weight is 419 g/mol. The number of nitrogens with zero attached hydrogens (tertiary/aromatic N) is 2. The molecule has 1 aromatic rings. The third-order valence-corrected chi connectivity index (χ3v) is 5.28. The van der Waals surface area contributed by atoms with Crippen LogP contribution in [0, 0.1) is 0 Å². The van der Waals surface area contributed by atoms with Crippen molar-refractivity contribution in [2.24, 2.45) is 0 Å². The predicted molar refractivity (Wildman–Crippen MR) is 120 cm³/mol. The van der Waals surface area contributed by atoms with Crippen LogP contribution in [0.25, 0.3) is 0 Å². The van der Waals surface area contributed by atoms with Gasteiger partial charge in [0.05, 0.1) is 6.61 Å². The maximum absolute atomic E-state index is 12.5. The Morgan fingerprint density at radius 1 is 1.03 bits per heavy atom. The number of hydrogen-bond donors (Lipinski definition) is 0. The Morgan fingerprint density at radius 2 is 1.70 bits per heavy atom. The van der Waals surface area contributed by atoms with E-state index in [0.717, 1.165) is 25.8 Å². The maximum atomic E-state index is 12.5.